The molecule has 2 amide bonds. The van der Waals surface area contributed by atoms with Crippen molar-refractivity contribution < 1.29 is 9.59 Å². The number of anilines is 1. The number of nitrogens with zero attached hydrogens (tertiary/aromatic N) is 1. The van der Waals surface area contributed by atoms with E-state index in [-0.39, 0.29) is 24.2 Å². The molecule has 0 atom stereocenters. The summed E-state index contributed by atoms with van der Waals surface area (Å²) in [7, 11) is 0. The van der Waals surface area contributed by atoms with Gasteiger partial charge in [-0.05, 0) is 43.5 Å². The molecule has 4 rings (SSSR count). The molecule has 0 bridgehead atoms. The Morgan fingerprint density at radius 2 is 1.93 bits per heavy atom. The Kier molecular flexibility index (Phi) is 5.71. The molecule has 5 nitrogen and oxygen atoms in total. The van der Waals surface area contributed by atoms with Crippen LogP contribution in [0.2, 0.25) is 0 Å². The normalized spacial score (nSPS) is 13.1. The molecule has 29 heavy (non-hydrogen) atoms. The van der Waals surface area contributed by atoms with Crippen molar-refractivity contribution in [3.63, 3.8) is 0 Å². The maximum Gasteiger partial charge on any atom is 0.227 e. The third kappa shape index (κ3) is 5.29. The molecule has 0 aliphatic heterocycles. The van der Waals surface area contributed by atoms with Crippen LogP contribution in [0.1, 0.15) is 29.7 Å². The number of aromatic nitrogens is 1. The summed E-state index contributed by atoms with van der Waals surface area (Å²) in [5.74, 6) is 0.225. The van der Waals surface area contributed by atoms with Crippen LogP contribution in [0.3, 0.4) is 0 Å². The largest absolute Gasteiger partial charge is 0.352 e. The third-order valence-electron chi connectivity index (χ3n) is 4.82. The van der Waals surface area contributed by atoms with Gasteiger partial charge in [0, 0.05) is 29.1 Å². The lowest BCUT2D eigenvalue weighted by Crippen LogP contribution is -2.24. The zero-order valence-corrected chi connectivity index (χ0v) is 17.1. The second-order valence-electron chi connectivity index (χ2n) is 7.43. The van der Waals surface area contributed by atoms with Crippen molar-refractivity contribution in [2.75, 3.05) is 5.32 Å². The summed E-state index contributed by atoms with van der Waals surface area (Å²) < 4.78 is 0. The van der Waals surface area contributed by atoms with Gasteiger partial charge in [-0.2, -0.15) is 0 Å². The predicted octanol–water partition coefficient (Wildman–Crippen LogP) is 4.33. The quantitative estimate of drug-likeness (QED) is 0.615. The van der Waals surface area contributed by atoms with Crippen LogP contribution in [-0.2, 0) is 22.6 Å². The topological polar surface area (TPSA) is 71.1 Å². The van der Waals surface area contributed by atoms with Crippen molar-refractivity contribution in [3.8, 4) is 10.6 Å². The van der Waals surface area contributed by atoms with Crippen molar-refractivity contribution in [2.24, 2.45) is 5.92 Å². The first kappa shape index (κ1) is 19.3. The first-order chi connectivity index (χ1) is 14.1. The van der Waals surface area contributed by atoms with E-state index in [2.05, 4.69) is 34.7 Å². The summed E-state index contributed by atoms with van der Waals surface area (Å²) in [5.41, 5.74) is 4.83. The van der Waals surface area contributed by atoms with E-state index in [9.17, 15) is 9.59 Å². The average Bonchev–Trinajstić information content (AvgIpc) is 3.47. The van der Waals surface area contributed by atoms with Crippen LogP contribution in [0.15, 0.2) is 53.9 Å². The van der Waals surface area contributed by atoms with Crippen molar-refractivity contribution in [1.82, 2.24) is 10.3 Å². The Labute approximate surface area is 174 Å². The molecule has 0 saturated heterocycles. The maximum absolute atomic E-state index is 12.3. The minimum Gasteiger partial charge on any atom is -0.352 e. The van der Waals surface area contributed by atoms with Crippen molar-refractivity contribution in [2.45, 2.75) is 32.7 Å². The zero-order valence-electron chi connectivity index (χ0n) is 16.3. The minimum atomic E-state index is -0.0581. The smallest absolute Gasteiger partial charge is 0.227 e. The van der Waals surface area contributed by atoms with Crippen molar-refractivity contribution in [1.29, 1.82) is 0 Å². The SMILES string of the molecule is Cc1cccc(-c2nc(CC(=O)NCc3ccc(NC(=O)C4CC4)cc3)cs2)c1. The van der Waals surface area contributed by atoms with E-state index in [0.717, 1.165) is 40.4 Å². The number of benzene rings is 2. The van der Waals surface area contributed by atoms with Crippen LogP contribution < -0.4 is 10.6 Å². The Hall–Kier alpha value is -2.99. The summed E-state index contributed by atoms with van der Waals surface area (Å²) in [6.45, 7) is 2.50. The third-order valence-corrected chi connectivity index (χ3v) is 5.76. The molecule has 2 N–H and O–H groups in total. The molecule has 2 aromatic carbocycles. The van der Waals surface area contributed by atoms with Gasteiger partial charge in [0.25, 0.3) is 0 Å². The second-order valence-corrected chi connectivity index (χ2v) is 8.29. The Morgan fingerprint density at radius 1 is 1.14 bits per heavy atom. The lowest BCUT2D eigenvalue weighted by atomic mass is 10.1. The Balaban J connectivity index is 1.27. The molecule has 0 radical (unpaired) electrons. The highest BCUT2D eigenvalue weighted by atomic mass is 32.1. The number of carbonyl (C=O) groups is 2. The van der Waals surface area contributed by atoms with Crippen LogP contribution >= 0.6 is 11.3 Å². The van der Waals surface area contributed by atoms with Crippen LogP contribution in [0.25, 0.3) is 10.6 Å². The van der Waals surface area contributed by atoms with Gasteiger partial charge in [-0.25, -0.2) is 4.98 Å². The van der Waals surface area contributed by atoms with E-state index in [1.54, 1.807) is 11.3 Å². The van der Waals surface area contributed by atoms with Crippen LogP contribution in [-0.4, -0.2) is 16.8 Å². The van der Waals surface area contributed by atoms with E-state index < -0.39 is 0 Å². The Bertz CT molecular complexity index is 1020. The first-order valence-electron chi connectivity index (χ1n) is 9.75. The molecule has 148 valence electrons. The molecular formula is C23H23N3O2S. The minimum absolute atomic E-state index is 0.0581. The molecule has 1 aliphatic carbocycles. The molecule has 6 heteroatoms. The van der Waals surface area contributed by atoms with Gasteiger partial charge in [0.1, 0.15) is 5.01 Å². The van der Waals surface area contributed by atoms with Crippen molar-refractivity contribution in [3.05, 3.63) is 70.7 Å². The molecular weight excluding hydrogens is 382 g/mol. The molecule has 1 aromatic heterocycles. The fraction of sp³-hybridized carbons (Fsp3) is 0.261. The molecule has 0 unspecified atom stereocenters. The van der Waals surface area contributed by atoms with E-state index in [1.807, 2.05) is 41.8 Å². The second kappa shape index (κ2) is 8.57. The molecule has 3 aromatic rings. The number of hydrogen-bond donors (Lipinski definition) is 2. The molecule has 1 fully saturated rings. The fourth-order valence-electron chi connectivity index (χ4n) is 3.02. The molecule has 1 saturated carbocycles. The van der Waals surface area contributed by atoms with Crippen LogP contribution in [0, 0.1) is 12.8 Å². The van der Waals surface area contributed by atoms with Gasteiger partial charge in [-0.3, -0.25) is 9.59 Å². The highest BCUT2D eigenvalue weighted by Gasteiger charge is 2.29. The number of rotatable bonds is 7. The summed E-state index contributed by atoms with van der Waals surface area (Å²) in [6, 6.07) is 15.8. The van der Waals surface area contributed by atoms with Gasteiger partial charge in [0.2, 0.25) is 11.8 Å². The molecule has 1 aliphatic rings. The van der Waals surface area contributed by atoms with E-state index in [4.69, 9.17) is 0 Å². The summed E-state index contributed by atoms with van der Waals surface area (Å²) in [4.78, 5) is 28.7. The summed E-state index contributed by atoms with van der Waals surface area (Å²) >= 11 is 1.55. The maximum atomic E-state index is 12.3. The highest BCUT2D eigenvalue weighted by molar-refractivity contribution is 7.13. The monoisotopic (exact) mass is 405 g/mol. The standard InChI is InChI=1S/C23H23N3O2S/c1-15-3-2-4-18(11-15)23-26-20(14-29-23)12-21(27)24-13-16-5-9-19(10-6-16)25-22(28)17-7-8-17/h2-6,9-11,14,17H,7-8,12-13H2,1H3,(H,24,27)(H,25,28). The number of aryl methyl sites for hydroxylation is 1. The van der Waals surface area contributed by atoms with Gasteiger partial charge in [-0.15, -0.1) is 11.3 Å². The van der Waals surface area contributed by atoms with E-state index >= 15 is 0 Å². The van der Waals surface area contributed by atoms with Gasteiger partial charge in [0.15, 0.2) is 0 Å². The highest BCUT2D eigenvalue weighted by Crippen LogP contribution is 2.30. The summed E-state index contributed by atoms with van der Waals surface area (Å²) in [6.07, 6.45) is 2.24. The number of carbonyl (C=O) groups excluding carboxylic acids is 2. The van der Waals surface area contributed by atoms with Gasteiger partial charge >= 0.3 is 0 Å². The number of nitrogens with one attached hydrogen (secondary N) is 2. The number of hydrogen-bond acceptors (Lipinski definition) is 4. The Morgan fingerprint density at radius 3 is 2.66 bits per heavy atom. The van der Waals surface area contributed by atoms with Crippen molar-refractivity contribution >= 4 is 28.8 Å². The number of amides is 2. The summed E-state index contributed by atoms with van der Waals surface area (Å²) in [5, 5.41) is 8.72. The number of thiazole rings is 1. The van der Waals surface area contributed by atoms with E-state index in [1.165, 1.54) is 5.56 Å². The average molecular weight is 406 g/mol. The van der Waals surface area contributed by atoms with E-state index in [0.29, 0.717) is 6.54 Å². The predicted molar refractivity (Wildman–Crippen MR) is 116 cm³/mol. The molecule has 0 spiro atoms. The van der Waals surface area contributed by atoms with Crippen LogP contribution in [0.4, 0.5) is 5.69 Å². The van der Waals surface area contributed by atoms with Gasteiger partial charge in [-0.1, -0.05) is 35.9 Å². The fourth-order valence-corrected chi connectivity index (χ4v) is 3.84. The zero-order chi connectivity index (χ0) is 20.2. The lowest BCUT2D eigenvalue weighted by Gasteiger charge is -2.07. The molecule has 1 heterocycles. The lowest BCUT2D eigenvalue weighted by molar-refractivity contribution is -0.120. The van der Waals surface area contributed by atoms with Gasteiger partial charge in [0.05, 0.1) is 12.1 Å². The van der Waals surface area contributed by atoms with Gasteiger partial charge < -0.3 is 10.6 Å². The first-order valence-corrected chi connectivity index (χ1v) is 10.6. The van der Waals surface area contributed by atoms with Crippen LogP contribution in [0.5, 0.6) is 0 Å².